The lowest BCUT2D eigenvalue weighted by Gasteiger charge is -2.15. The number of methoxy groups -OCH3 is 1. The molecule has 0 amide bonds. The standard InChI is InChI=1S/C18H25N3O2/c1-5-6-12-21-15(13-20(2)3)16(18(22)23-4)19-17(21)14-10-8-7-9-11-14/h7-11H,5-6,12-13H2,1-4H3. The molecule has 0 aliphatic heterocycles. The number of hydrogen-bond donors (Lipinski definition) is 0. The Labute approximate surface area is 137 Å². The molecule has 2 aromatic rings. The molecule has 0 N–H and O–H groups in total. The number of nitrogens with zero attached hydrogens (tertiary/aromatic N) is 3. The fraction of sp³-hybridized carbons (Fsp3) is 0.444. The highest BCUT2D eigenvalue weighted by atomic mass is 16.5. The first-order valence-electron chi connectivity index (χ1n) is 7.96. The van der Waals surface area contributed by atoms with Gasteiger partial charge in [-0.3, -0.25) is 0 Å². The van der Waals surface area contributed by atoms with Crippen molar-refractivity contribution >= 4 is 5.97 Å². The molecule has 0 saturated heterocycles. The van der Waals surface area contributed by atoms with Gasteiger partial charge in [-0.1, -0.05) is 43.7 Å². The Bertz CT molecular complexity index is 648. The van der Waals surface area contributed by atoms with Crippen molar-refractivity contribution in [2.45, 2.75) is 32.9 Å². The lowest BCUT2D eigenvalue weighted by molar-refractivity contribution is 0.0592. The first-order valence-corrected chi connectivity index (χ1v) is 7.96. The van der Waals surface area contributed by atoms with Crippen molar-refractivity contribution in [3.8, 4) is 11.4 Å². The maximum Gasteiger partial charge on any atom is 0.358 e. The van der Waals surface area contributed by atoms with Gasteiger partial charge in [0.15, 0.2) is 5.69 Å². The van der Waals surface area contributed by atoms with E-state index in [0.29, 0.717) is 12.2 Å². The molecule has 0 aliphatic carbocycles. The van der Waals surface area contributed by atoms with Gasteiger partial charge >= 0.3 is 5.97 Å². The summed E-state index contributed by atoms with van der Waals surface area (Å²) in [5.74, 6) is 0.450. The average molecular weight is 315 g/mol. The lowest BCUT2D eigenvalue weighted by Crippen LogP contribution is -2.18. The smallest absolute Gasteiger partial charge is 0.358 e. The minimum Gasteiger partial charge on any atom is -0.464 e. The third-order valence-corrected chi connectivity index (χ3v) is 3.68. The molecular weight excluding hydrogens is 290 g/mol. The van der Waals surface area contributed by atoms with E-state index in [0.717, 1.165) is 36.5 Å². The molecule has 5 heteroatoms. The maximum absolute atomic E-state index is 12.2. The molecular formula is C18H25N3O2. The van der Waals surface area contributed by atoms with Gasteiger partial charge in [0.05, 0.1) is 12.8 Å². The molecule has 0 bridgehead atoms. The second-order valence-electron chi connectivity index (χ2n) is 5.83. The van der Waals surface area contributed by atoms with Gasteiger partial charge in [0.2, 0.25) is 0 Å². The van der Waals surface area contributed by atoms with Crippen molar-refractivity contribution in [3.63, 3.8) is 0 Å². The van der Waals surface area contributed by atoms with Crippen LogP contribution in [0, 0.1) is 0 Å². The molecule has 0 unspecified atom stereocenters. The van der Waals surface area contributed by atoms with Crippen LogP contribution >= 0.6 is 0 Å². The van der Waals surface area contributed by atoms with Crippen LogP contribution in [0.1, 0.15) is 35.9 Å². The van der Waals surface area contributed by atoms with Gasteiger partial charge in [0, 0.05) is 18.7 Å². The SMILES string of the molecule is CCCCn1c(-c2ccccc2)nc(C(=O)OC)c1CN(C)C. The zero-order valence-corrected chi connectivity index (χ0v) is 14.4. The normalized spacial score (nSPS) is 11.0. The van der Waals surface area contributed by atoms with Gasteiger partial charge in [0.1, 0.15) is 5.82 Å². The average Bonchev–Trinajstić information content (AvgIpc) is 2.90. The van der Waals surface area contributed by atoms with Crippen LogP contribution in [-0.4, -0.2) is 41.6 Å². The summed E-state index contributed by atoms with van der Waals surface area (Å²) in [6, 6.07) is 9.98. The first-order chi connectivity index (χ1) is 11.1. The highest BCUT2D eigenvalue weighted by Crippen LogP contribution is 2.24. The number of aromatic nitrogens is 2. The number of rotatable bonds is 7. The molecule has 2 rings (SSSR count). The summed E-state index contributed by atoms with van der Waals surface area (Å²) in [6.45, 7) is 3.65. The van der Waals surface area contributed by atoms with Gasteiger partial charge in [-0.15, -0.1) is 0 Å². The number of ether oxygens (including phenoxy) is 1. The van der Waals surface area contributed by atoms with Crippen LogP contribution in [0.2, 0.25) is 0 Å². The molecule has 0 atom stereocenters. The van der Waals surface area contributed by atoms with E-state index in [1.165, 1.54) is 7.11 Å². The van der Waals surface area contributed by atoms with Crippen LogP contribution in [0.5, 0.6) is 0 Å². The topological polar surface area (TPSA) is 47.4 Å². The monoisotopic (exact) mass is 315 g/mol. The van der Waals surface area contributed by atoms with Crippen LogP contribution in [0.4, 0.5) is 0 Å². The second kappa shape index (κ2) is 7.92. The Morgan fingerprint density at radius 2 is 1.96 bits per heavy atom. The van der Waals surface area contributed by atoms with Crippen molar-refractivity contribution in [1.29, 1.82) is 0 Å². The minimum absolute atomic E-state index is 0.380. The molecule has 0 saturated carbocycles. The van der Waals surface area contributed by atoms with Gasteiger partial charge < -0.3 is 14.2 Å². The predicted octanol–water partition coefficient (Wildman–Crippen LogP) is 3.20. The molecule has 124 valence electrons. The zero-order valence-electron chi connectivity index (χ0n) is 14.4. The number of carbonyl (C=O) groups excluding carboxylic acids is 1. The fourth-order valence-corrected chi connectivity index (χ4v) is 2.57. The van der Waals surface area contributed by atoms with E-state index in [2.05, 4.69) is 16.5 Å². The van der Waals surface area contributed by atoms with Gasteiger partial charge in [-0.25, -0.2) is 9.78 Å². The van der Waals surface area contributed by atoms with Crippen LogP contribution < -0.4 is 0 Å². The third-order valence-electron chi connectivity index (χ3n) is 3.68. The minimum atomic E-state index is -0.380. The lowest BCUT2D eigenvalue weighted by atomic mass is 10.2. The van der Waals surface area contributed by atoms with E-state index in [1.54, 1.807) is 0 Å². The van der Waals surface area contributed by atoms with Gasteiger partial charge in [-0.05, 0) is 20.5 Å². The third kappa shape index (κ3) is 3.99. The molecule has 1 aromatic carbocycles. The van der Waals surface area contributed by atoms with Crippen LogP contribution in [0.3, 0.4) is 0 Å². The number of unbranched alkanes of at least 4 members (excludes halogenated alkanes) is 1. The Balaban J connectivity index is 2.59. The Morgan fingerprint density at radius 3 is 2.52 bits per heavy atom. The van der Waals surface area contributed by atoms with E-state index < -0.39 is 0 Å². The summed E-state index contributed by atoms with van der Waals surface area (Å²) in [7, 11) is 5.37. The maximum atomic E-state index is 12.2. The van der Waals surface area contributed by atoms with Crippen molar-refractivity contribution in [3.05, 3.63) is 41.7 Å². The Kier molecular flexibility index (Phi) is 5.93. The van der Waals surface area contributed by atoms with E-state index in [9.17, 15) is 4.79 Å². The summed E-state index contributed by atoms with van der Waals surface area (Å²) in [4.78, 5) is 18.8. The van der Waals surface area contributed by atoms with E-state index >= 15 is 0 Å². The summed E-state index contributed by atoms with van der Waals surface area (Å²) >= 11 is 0. The molecule has 0 radical (unpaired) electrons. The van der Waals surface area contributed by atoms with E-state index in [4.69, 9.17) is 4.74 Å². The summed E-state index contributed by atoms with van der Waals surface area (Å²) in [5.41, 5.74) is 2.34. The predicted molar refractivity (Wildman–Crippen MR) is 91.3 cm³/mol. The molecule has 0 fully saturated rings. The first kappa shape index (κ1) is 17.2. The summed E-state index contributed by atoms with van der Waals surface area (Å²) < 4.78 is 7.09. The summed E-state index contributed by atoms with van der Waals surface area (Å²) in [6.07, 6.45) is 2.12. The van der Waals surface area contributed by atoms with Crippen LogP contribution in [0.15, 0.2) is 30.3 Å². The van der Waals surface area contributed by atoms with Crippen molar-refractivity contribution in [1.82, 2.24) is 14.5 Å². The number of hydrogen-bond acceptors (Lipinski definition) is 4. The molecule has 5 nitrogen and oxygen atoms in total. The van der Waals surface area contributed by atoms with Gasteiger partial charge in [0.25, 0.3) is 0 Å². The van der Waals surface area contributed by atoms with Crippen LogP contribution in [0.25, 0.3) is 11.4 Å². The Morgan fingerprint density at radius 1 is 1.26 bits per heavy atom. The fourth-order valence-electron chi connectivity index (χ4n) is 2.57. The number of benzene rings is 1. The highest BCUT2D eigenvalue weighted by molar-refractivity contribution is 5.89. The van der Waals surface area contributed by atoms with E-state index in [-0.39, 0.29) is 5.97 Å². The van der Waals surface area contributed by atoms with Crippen molar-refractivity contribution in [2.75, 3.05) is 21.2 Å². The number of carbonyl (C=O) groups is 1. The van der Waals surface area contributed by atoms with Gasteiger partial charge in [-0.2, -0.15) is 0 Å². The number of esters is 1. The largest absolute Gasteiger partial charge is 0.464 e. The zero-order chi connectivity index (χ0) is 16.8. The molecule has 23 heavy (non-hydrogen) atoms. The molecule has 0 spiro atoms. The van der Waals surface area contributed by atoms with Crippen molar-refractivity contribution < 1.29 is 9.53 Å². The Hall–Kier alpha value is -2.14. The molecule has 1 heterocycles. The molecule has 1 aromatic heterocycles. The summed E-state index contributed by atoms with van der Waals surface area (Å²) in [5, 5.41) is 0. The van der Waals surface area contributed by atoms with Crippen LogP contribution in [-0.2, 0) is 17.8 Å². The highest BCUT2D eigenvalue weighted by Gasteiger charge is 2.23. The quantitative estimate of drug-likeness (QED) is 0.736. The second-order valence-corrected chi connectivity index (χ2v) is 5.83. The van der Waals surface area contributed by atoms with Crippen molar-refractivity contribution in [2.24, 2.45) is 0 Å². The number of imidazole rings is 1. The van der Waals surface area contributed by atoms with E-state index in [1.807, 2.05) is 49.3 Å². The molecule has 0 aliphatic rings.